The van der Waals surface area contributed by atoms with Gasteiger partial charge < -0.3 is 20.1 Å². The summed E-state index contributed by atoms with van der Waals surface area (Å²) in [7, 11) is -3.51. The number of ether oxygens (including phenoxy) is 2. The molecule has 0 saturated carbocycles. The Labute approximate surface area is 209 Å². The lowest BCUT2D eigenvalue weighted by Gasteiger charge is -2.26. The molecule has 1 saturated heterocycles. The summed E-state index contributed by atoms with van der Waals surface area (Å²) < 4.78 is 52.1. The molecule has 1 aromatic heterocycles. The van der Waals surface area contributed by atoms with Crippen molar-refractivity contribution in [1.29, 1.82) is 0 Å². The lowest BCUT2D eigenvalue weighted by molar-refractivity contribution is 0.0322. The van der Waals surface area contributed by atoms with Crippen molar-refractivity contribution in [3.63, 3.8) is 0 Å². The zero-order valence-corrected chi connectivity index (χ0v) is 20.7. The number of nitrogens with one attached hydrogen (secondary N) is 3. The maximum Gasteiger partial charge on any atom is 0.232 e. The van der Waals surface area contributed by atoms with Crippen molar-refractivity contribution < 1.29 is 22.3 Å². The van der Waals surface area contributed by atoms with Crippen LogP contribution in [0.5, 0.6) is 5.75 Å². The Morgan fingerprint density at radius 2 is 1.78 bits per heavy atom. The van der Waals surface area contributed by atoms with Gasteiger partial charge in [0.15, 0.2) is 11.6 Å². The van der Waals surface area contributed by atoms with Crippen LogP contribution in [0.4, 0.5) is 33.2 Å². The minimum absolute atomic E-state index is 0.0883. The van der Waals surface area contributed by atoms with Gasteiger partial charge in [-0.3, -0.25) is 9.62 Å². The first-order valence-corrected chi connectivity index (χ1v) is 13.3. The second-order valence-corrected chi connectivity index (χ2v) is 10.0. The average Bonchev–Trinajstić information content (AvgIpc) is 2.89. The van der Waals surface area contributed by atoms with Crippen molar-refractivity contribution in [1.82, 2.24) is 14.9 Å². The highest BCUT2D eigenvalue weighted by Crippen LogP contribution is 2.27. The molecule has 0 atom stereocenters. The standard InChI is InChI=1S/C24H29FN6O4S/c1-2-36(32,33)30-22-6-4-3-5-21(22)28-23-20(25)17-26-24(29-23)27-18-7-9-19(10-8-18)35-16-13-31-11-14-34-15-12-31/h3-10,17,30H,2,11-16H2,1H3,(H2,26,27,28,29). The molecule has 1 aliphatic heterocycles. The molecule has 3 aromatic rings. The summed E-state index contributed by atoms with van der Waals surface area (Å²) in [4.78, 5) is 10.5. The molecule has 192 valence electrons. The van der Waals surface area contributed by atoms with E-state index >= 15 is 0 Å². The predicted molar refractivity (Wildman–Crippen MR) is 137 cm³/mol. The molecule has 1 fully saturated rings. The molecule has 3 N–H and O–H groups in total. The molecular weight excluding hydrogens is 487 g/mol. The van der Waals surface area contributed by atoms with Gasteiger partial charge >= 0.3 is 0 Å². The van der Waals surface area contributed by atoms with Crippen LogP contribution in [-0.4, -0.2) is 68.5 Å². The molecule has 0 radical (unpaired) electrons. The number of aromatic nitrogens is 2. The number of benzene rings is 2. The highest BCUT2D eigenvalue weighted by Gasteiger charge is 2.14. The van der Waals surface area contributed by atoms with Gasteiger partial charge in [-0.05, 0) is 43.3 Å². The number of rotatable bonds is 11. The smallest absolute Gasteiger partial charge is 0.232 e. The van der Waals surface area contributed by atoms with Gasteiger partial charge in [-0.2, -0.15) is 4.98 Å². The zero-order valence-electron chi connectivity index (χ0n) is 19.9. The highest BCUT2D eigenvalue weighted by molar-refractivity contribution is 7.92. The first-order valence-electron chi connectivity index (χ1n) is 11.6. The predicted octanol–water partition coefficient (Wildman–Crippen LogP) is 3.58. The SMILES string of the molecule is CCS(=O)(=O)Nc1ccccc1Nc1nc(Nc2ccc(OCCN3CCOCC3)cc2)ncc1F. The van der Waals surface area contributed by atoms with Crippen molar-refractivity contribution in [3.05, 3.63) is 60.5 Å². The van der Waals surface area contributed by atoms with E-state index in [0.717, 1.165) is 44.8 Å². The maximum atomic E-state index is 14.5. The Morgan fingerprint density at radius 1 is 1.06 bits per heavy atom. The monoisotopic (exact) mass is 516 g/mol. The van der Waals surface area contributed by atoms with Crippen molar-refractivity contribution in [2.45, 2.75) is 6.92 Å². The van der Waals surface area contributed by atoms with Crippen LogP contribution in [0, 0.1) is 5.82 Å². The fraction of sp³-hybridized carbons (Fsp3) is 0.333. The molecule has 1 aliphatic rings. The first-order chi connectivity index (χ1) is 17.4. The molecule has 10 nitrogen and oxygen atoms in total. The van der Waals surface area contributed by atoms with E-state index in [1.54, 1.807) is 24.3 Å². The Kier molecular flexibility index (Phi) is 8.52. The molecule has 0 unspecified atom stereocenters. The molecule has 0 aliphatic carbocycles. The van der Waals surface area contributed by atoms with Crippen LogP contribution in [0.2, 0.25) is 0 Å². The number of nitrogens with zero attached hydrogens (tertiary/aromatic N) is 3. The second kappa shape index (κ2) is 12.0. The topological polar surface area (TPSA) is 118 Å². The lowest BCUT2D eigenvalue weighted by atomic mass is 10.2. The molecule has 0 amide bonds. The Bertz CT molecular complexity index is 1250. The van der Waals surface area contributed by atoms with E-state index in [1.807, 2.05) is 24.3 Å². The minimum atomic E-state index is -3.51. The van der Waals surface area contributed by atoms with Gasteiger partial charge in [0.2, 0.25) is 16.0 Å². The van der Waals surface area contributed by atoms with Crippen LogP contribution in [0.3, 0.4) is 0 Å². The third-order valence-electron chi connectivity index (χ3n) is 5.46. The maximum absolute atomic E-state index is 14.5. The number of hydrogen-bond acceptors (Lipinski definition) is 9. The van der Waals surface area contributed by atoms with Gasteiger partial charge in [-0.15, -0.1) is 0 Å². The number of morpholine rings is 1. The number of anilines is 5. The highest BCUT2D eigenvalue weighted by atomic mass is 32.2. The minimum Gasteiger partial charge on any atom is -0.492 e. The molecule has 2 heterocycles. The summed E-state index contributed by atoms with van der Waals surface area (Å²) >= 11 is 0. The van der Waals surface area contributed by atoms with Crippen molar-refractivity contribution in [2.24, 2.45) is 0 Å². The van der Waals surface area contributed by atoms with Crippen LogP contribution >= 0.6 is 0 Å². The van der Waals surface area contributed by atoms with Crippen molar-refractivity contribution in [3.8, 4) is 5.75 Å². The van der Waals surface area contributed by atoms with Gasteiger partial charge in [-0.1, -0.05) is 12.1 Å². The summed E-state index contributed by atoms with van der Waals surface area (Å²) in [5, 5.41) is 5.88. The van der Waals surface area contributed by atoms with Crippen LogP contribution < -0.4 is 20.1 Å². The van der Waals surface area contributed by atoms with E-state index in [2.05, 4.69) is 30.2 Å². The summed E-state index contributed by atoms with van der Waals surface area (Å²) in [5.41, 5.74) is 1.34. The summed E-state index contributed by atoms with van der Waals surface area (Å²) in [6, 6.07) is 13.9. The van der Waals surface area contributed by atoms with E-state index in [0.29, 0.717) is 18.0 Å². The Hall–Kier alpha value is -3.48. The number of para-hydroxylation sites is 2. The molecule has 0 bridgehead atoms. The molecule has 2 aromatic carbocycles. The number of hydrogen-bond donors (Lipinski definition) is 3. The first kappa shape index (κ1) is 25.6. The van der Waals surface area contributed by atoms with Gasteiger partial charge in [0, 0.05) is 25.3 Å². The fourth-order valence-corrected chi connectivity index (χ4v) is 4.10. The van der Waals surface area contributed by atoms with E-state index in [-0.39, 0.29) is 23.2 Å². The lowest BCUT2D eigenvalue weighted by Crippen LogP contribution is -2.38. The van der Waals surface area contributed by atoms with Gasteiger partial charge in [0.1, 0.15) is 12.4 Å². The van der Waals surface area contributed by atoms with Crippen LogP contribution in [0.1, 0.15) is 6.92 Å². The Balaban J connectivity index is 1.38. The van der Waals surface area contributed by atoms with E-state index in [9.17, 15) is 12.8 Å². The van der Waals surface area contributed by atoms with E-state index in [1.165, 1.54) is 6.92 Å². The van der Waals surface area contributed by atoms with E-state index < -0.39 is 15.8 Å². The molecule has 4 rings (SSSR count). The van der Waals surface area contributed by atoms with Gasteiger partial charge in [0.05, 0.1) is 36.5 Å². The van der Waals surface area contributed by atoms with Gasteiger partial charge in [0.25, 0.3) is 0 Å². The van der Waals surface area contributed by atoms with Crippen LogP contribution in [-0.2, 0) is 14.8 Å². The zero-order chi connectivity index (χ0) is 25.4. The molecule has 12 heteroatoms. The third kappa shape index (κ3) is 7.26. The summed E-state index contributed by atoms with van der Waals surface area (Å²) in [6.45, 7) is 6.30. The van der Waals surface area contributed by atoms with Crippen LogP contribution in [0.25, 0.3) is 0 Å². The summed E-state index contributed by atoms with van der Waals surface area (Å²) in [6.07, 6.45) is 1.04. The third-order valence-corrected chi connectivity index (χ3v) is 6.75. The second-order valence-electron chi connectivity index (χ2n) is 8.02. The molecule has 36 heavy (non-hydrogen) atoms. The largest absolute Gasteiger partial charge is 0.492 e. The van der Waals surface area contributed by atoms with Gasteiger partial charge in [-0.25, -0.2) is 17.8 Å². The quantitative estimate of drug-likeness (QED) is 0.351. The average molecular weight is 517 g/mol. The summed E-state index contributed by atoms with van der Waals surface area (Å²) in [5.74, 6) is 0.0416. The fourth-order valence-electron chi connectivity index (χ4n) is 3.44. The number of halogens is 1. The Morgan fingerprint density at radius 3 is 2.50 bits per heavy atom. The van der Waals surface area contributed by atoms with Crippen molar-refractivity contribution in [2.75, 3.05) is 60.6 Å². The normalized spacial score (nSPS) is 14.3. The van der Waals surface area contributed by atoms with E-state index in [4.69, 9.17) is 9.47 Å². The number of sulfonamides is 1. The van der Waals surface area contributed by atoms with Crippen molar-refractivity contribution >= 4 is 38.9 Å². The van der Waals surface area contributed by atoms with Crippen LogP contribution in [0.15, 0.2) is 54.7 Å². The molecular formula is C24H29FN6O4S. The molecule has 0 spiro atoms.